The van der Waals surface area contributed by atoms with E-state index < -0.39 is 0 Å². The first kappa shape index (κ1) is 21.8. The molecule has 2 aliphatic heterocycles. The van der Waals surface area contributed by atoms with Gasteiger partial charge in [-0.05, 0) is 24.1 Å². The van der Waals surface area contributed by atoms with Crippen molar-refractivity contribution in [2.75, 3.05) is 39.3 Å². The summed E-state index contributed by atoms with van der Waals surface area (Å²) in [6.45, 7) is 11.6. The van der Waals surface area contributed by atoms with Gasteiger partial charge in [0.1, 0.15) is 18.2 Å². The van der Waals surface area contributed by atoms with Crippen molar-refractivity contribution in [3.05, 3.63) is 47.0 Å². The average molecular weight is 426 g/mol. The summed E-state index contributed by atoms with van der Waals surface area (Å²) in [7, 11) is 0. The van der Waals surface area contributed by atoms with Crippen LogP contribution < -0.4 is 4.74 Å². The maximum atomic E-state index is 11.5. The number of nitrogens with zero attached hydrogens (tertiary/aromatic N) is 4. The Morgan fingerprint density at radius 2 is 1.97 bits per heavy atom. The van der Waals surface area contributed by atoms with Gasteiger partial charge in [0.15, 0.2) is 0 Å². The number of amides is 1. The maximum absolute atomic E-state index is 11.5. The van der Waals surface area contributed by atoms with Crippen LogP contribution in [0.3, 0.4) is 0 Å². The van der Waals surface area contributed by atoms with Gasteiger partial charge in [-0.3, -0.25) is 14.6 Å². The molecule has 1 N–H and O–H groups in total. The normalized spacial score (nSPS) is 17.8. The van der Waals surface area contributed by atoms with Gasteiger partial charge < -0.3 is 14.6 Å². The first-order valence-electron chi connectivity index (χ1n) is 11.6. The van der Waals surface area contributed by atoms with E-state index in [2.05, 4.69) is 44.9 Å². The first-order valence-corrected chi connectivity index (χ1v) is 11.6. The van der Waals surface area contributed by atoms with Gasteiger partial charge in [-0.2, -0.15) is 0 Å². The fourth-order valence-corrected chi connectivity index (χ4v) is 4.41. The van der Waals surface area contributed by atoms with E-state index in [1.54, 1.807) is 6.92 Å². The number of hydrogen-bond donors (Lipinski definition) is 1. The molecule has 0 radical (unpaired) electrons. The van der Waals surface area contributed by atoms with Crippen molar-refractivity contribution in [3.8, 4) is 5.75 Å². The van der Waals surface area contributed by atoms with Crippen LogP contribution in [-0.2, 0) is 30.8 Å². The fraction of sp³-hybridized carbons (Fsp3) is 0.583. The van der Waals surface area contributed by atoms with E-state index in [1.165, 1.54) is 29.7 Å². The van der Waals surface area contributed by atoms with E-state index >= 15 is 0 Å². The third-order valence-electron chi connectivity index (χ3n) is 6.25. The highest BCUT2D eigenvalue weighted by molar-refractivity contribution is 5.73. The second-order valence-electron chi connectivity index (χ2n) is 8.74. The fourth-order valence-electron chi connectivity index (χ4n) is 4.41. The van der Waals surface area contributed by atoms with Gasteiger partial charge in [0.2, 0.25) is 5.91 Å². The van der Waals surface area contributed by atoms with Crippen LogP contribution in [-0.4, -0.2) is 69.9 Å². The molecular weight excluding hydrogens is 390 g/mol. The van der Waals surface area contributed by atoms with Gasteiger partial charge in [-0.25, -0.2) is 4.98 Å². The Balaban J connectivity index is 1.36. The summed E-state index contributed by atoms with van der Waals surface area (Å²) in [6, 6.07) is 6.60. The number of ether oxygens (including phenoxy) is 1. The van der Waals surface area contributed by atoms with E-state index in [1.807, 2.05) is 11.1 Å². The van der Waals surface area contributed by atoms with E-state index in [-0.39, 0.29) is 5.91 Å². The zero-order valence-corrected chi connectivity index (χ0v) is 18.9. The highest BCUT2D eigenvalue weighted by Gasteiger charge is 2.20. The van der Waals surface area contributed by atoms with Gasteiger partial charge in [-0.1, -0.05) is 19.4 Å². The summed E-state index contributed by atoms with van der Waals surface area (Å²) in [5.74, 6) is 2.27. The topological polar surface area (TPSA) is 64.7 Å². The molecule has 7 nitrogen and oxygen atoms in total. The Morgan fingerprint density at radius 3 is 2.74 bits per heavy atom. The monoisotopic (exact) mass is 425 g/mol. The molecule has 1 aromatic carbocycles. The molecule has 7 heteroatoms. The molecule has 3 heterocycles. The Labute approximate surface area is 185 Å². The van der Waals surface area contributed by atoms with Crippen LogP contribution in [0.1, 0.15) is 49.3 Å². The number of piperazine rings is 1. The van der Waals surface area contributed by atoms with E-state index in [0.29, 0.717) is 6.61 Å². The predicted octanol–water partition coefficient (Wildman–Crippen LogP) is 2.81. The number of rotatable bonds is 7. The summed E-state index contributed by atoms with van der Waals surface area (Å²) < 4.78 is 6.03. The number of H-pyrrole nitrogens is 1. The summed E-state index contributed by atoms with van der Waals surface area (Å²) in [5, 5.41) is 0. The predicted molar refractivity (Wildman–Crippen MR) is 121 cm³/mol. The molecule has 2 aliphatic rings. The molecule has 1 saturated heterocycles. The van der Waals surface area contributed by atoms with Gasteiger partial charge in [-0.15, -0.1) is 0 Å². The molecule has 1 fully saturated rings. The number of aryl methyl sites for hydroxylation is 1. The summed E-state index contributed by atoms with van der Waals surface area (Å²) >= 11 is 0. The highest BCUT2D eigenvalue weighted by atomic mass is 16.5. The van der Waals surface area contributed by atoms with Crippen LogP contribution in [0.15, 0.2) is 24.4 Å². The molecule has 0 bridgehead atoms. The lowest BCUT2D eigenvalue weighted by molar-refractivity contribution is -0.130. The van der Waals surface area contributed by atoms with Crippen LogP contribution in [0.5, 0.6) is 5.75 Å². The molecule has 0 spiro atoms. The Hall–Kier alpha value is -2.38. The summed E-state index contributed by atoms with van der Waals surface area (Å²) in [5.41, 5.74) is 3.74. The molecule has 4 rings (SSSR count). The molecule has 168 valence electrons. The van der Waals surface area contributed by atoms with Crippen LogP contribution in [0.4, 0.5) is 0 Å². The van der Waals surface area contributed by atoms with Crippen LogP contribution in [0.25, 0.3) is 0 Å². The molecule has 1 amide bonds. The Morgan fingerprint density at radius 1 is 1.13 bits per heavy atom. The SMILES string of the molecule is CCCCc1ncc(CN2CCOc3ccc(CN4CCN(C(C)=O)CC4)cc3C2)[nH]1. The minimum Gasteiger partial charge on any atom is -0.492 e. The van der Waals surface area contributed by atoms with Gasteiger partial charge in [0.05, 0.1) is 0 Å². The van der Waals surface area contributed by atoms with E-state index in [9.17, 15) is 4.79 Å². The number of nitrogens with one attached hydrogen (secondary N) is 1. The van der Waals surface area contributed by atoms with E-state index in [4.69, 9.17) is 4.74 Å². The summed E-state index contributed by atoms with van der Waals surface area (Å²) in [6.07, 6.45) is 5.36. The maximum Gasteiger partial charge on any atom is 0.219 e. The lowest BCUT2D eigenvalue weighted by atomic mass is 10.1. The first-order chi connectivity index (χ1) is 15.1. The number of benzene rings is 1. The number of hydrogen-bond acceptors (Lipinski definition) is 5. The molecule has 0 unspecified atom stereocenters. The lowest BCUT2D eigenvalue weighted by Gasteiger charge is -2.34. The Bertz CT molecular complexity index is 873. The van der Waals surface area contributed by atoms with Crippen molar-refractivity contribution >= 4 is 5.91 Å². The Kier molecular flexibility index (Phi) is 7.25. The lowest BCUT2D eigenvalue weighted by Crippen LogP contribution is -2.47. The number of carbonyl (C=O) groups excluding carboxylic acids is 1. The molecule has 0 saturated carbocycles. The largest absolute Gasteiger partial charge is 0.492 e. The van der Waals surface area contributed by atoms with Crippen molar-refractivity contribution in [1.82, 2.24) is 24.7 Å². The molecule has 2 aromatic rings. The molecule has 31 heavy (non-hydrogen) atoms. The molecule has 0 aliphatic carbocycles. The average Bonchev–Trinajstić information content (AvgIpc) is 3.11. The molecule has 0 atom stereocenters. The number of imidazole rings is 1. The summed E-state index contributed by atoms with van der Waals surface area (Å²) in [4.78, 5) is 26.4. The van der Waals surface area contributed by atoms with Crippen LogP contribution >= 0.6 is 0 Å². The number of aromatic amines is 1. The minimum absolute atomic E-state index is 0.177. The standard InChI is InChI=1S/C24H35N5O2/c1-3-4-5-24-25-15-22(26-24)18-28-12-13-31-23-7-6-20(14-21(23)17-28)16-27-8-10-29(11-9-27)19(2)30/h6-7,14-15H,3-5,8-13,16-18H2,1-2H3,(H,25,26). The molecule has 1 aromatic heterocycles. The smallest absolute Gasteiger partial charge is 0.219 e. The van der Waals surface area contributed by atoms with Crippen molar-refractivity contribution < 1.29 is 9.53 Å². The number of fused-ring (bicyclic) bond motifs is 1. The second kappa shape index (κ2) is 10.3. The zero-order chi connectivity index (χ0) is 21.6. The highest BCUT2D eigenvalue weighted by Crippen LogP contribution is 2.26. The minimum atomic E-state index is 0.177. The van der Waals surface area contributed by atoms with Crippen molar-refractivity contribution in [2.45, 2.75) is 52.7 Å². The quantitative estimate of drug-likeness (QED) is 0.739. The number of carbonyl (C=O) groups is 1. The number of unbranched alkanes of at least 4 members (excludes halogenated alkanes) is 1. The van der Waals surface area contributed by atoms with Crippen molar-refractivity contribution in [2.24, 2.45) is 0 Å². The van der Waals surface area contributed by atoms with Crippen LogP contribution in [0, 0.1) is 0 Å². The second-order valence-corrected chi connectivity index (χ2v) is 8.74. The van der Waals surface area contributed by atoms with E-state index in [0.717, 1.165) is 70.4 Å². The van der Waals surface area contributed by atoms with Crippen molar-refractivity contribution in [3.63, 3.8) is 0 Å². The van der Waals surface area contributed by atoms with Crippen molar-refractivity contribution in [1.29, 1.82) is 0 Å². The van der Waals surface area contributed by atoms with Gasteiger partial charge >= 0.3 is 0 Å². The number of aromatic nitrogens is 2. The molecular formula is C24H35N5O2. The van der Waals surface area contributed by atoms with Crippen LogP contribution in [0.2, 0.25) is 0 Å². The van der Waals surface area contributed by atoms with Gasteiger partial charge in [0.25, 0.3) is 0 Å². The third-order valence-corrected chi connectivity index (χ3v) is 6.25. The zero-order valence-electron chi connectivity index (χ0n) is 18.9. The van der Waals surface area contributed by atoms with Gasteiger partial charge in [0, 0.05) is 83.2 Å². The third kappa shape index (κ3) is 5.86.